The van der Waals surface area contributed by atoms with Crippen LogP contribution in [-0.2, 0) is 14.3 Å². The maximum atomic E-state index is 12.0. The summed E-state index contributed by atoms with van der Waals surface area (Å²) in [5.74, 6) is -0.262. The number of ether oxygens (including phenoxy) is 2. The van der Waals surface area contributed by atoms with E-state index in [1.54, 1.807) is 44.4 Å². The maximum Gasteiger partial charge on any atom is 0.329 e. The minimum Gasteiger partial charge on any atom is -0.497 e. The standard InChI is InChI=1S/C16H21NO4/c1-4-6-12(11-18)15(16(19)21-5-2)17-13-7-9-14(20-3)10-8-13/h4,7-12,15,17H,1,5-6H2,2-3H3/t12-,15+/m0/s1. The number of hydrogen-bond donors (Lipinski definition) is 1. The molecule has 0 spiro atoms. The number of nitrogens with one attached hydrogen (secondary N) is 1. The number of carbonyl (C=O) groups excluding carboxylic acids is 2. The summed E-state index contributed by atoms with van der Waals surface area (Å²) in [5, 5.41) is 3.04. The Balaban J connectivity index is 2.91. The Kier molecular flexibility index (Phi) is 7.01. The summed E-state index contributed by atoms with van der Waals surface area (Å²) in [5.41, 5.74) is 0.713. The molecule has 21 heavy (non-hydrogen) atoms. The molecule has 1 aromatic rings. The molecular weight excluding hydrogens is 270 g/mol. The molecule has 5 nitrogen and oxygen atoms in total. The molecular formula is C16H21NO4. The number of esters is 1. The second-order valence-corrected chi connectivity index (χ2v) is 4.43. The van der Waals surface area contributed by atoms with Crippen molar-refractivity contribution in [3.05, 3.63) is 36.9 Å². The molecule has 0 aromatic heterocycles. The van der Waals surface area contributed by atoms with E-state index in [1.807, 2.05) is 0 Å². The number of methoxy groups -OCH3 is 1. The molecule has 1 N–H and O–H groups in total. The van der Waals surface area contributed by atoms with Gasteiger partial charge in [-0.05, 0) is 37.6 Å². The highest BCUT2D eigenvalue weighted by molar-refractivity contribution is 5.83. The zero-order chi connectivity index (χ0) is 15.7. The molecule has 0 heterocycles. The van der Waals surface area contributed by atoms with Crippen LogP contribution >= 0.6 is 0 Å². The van der Waals surface area contributed by atoms with Crippen molar-refractivity contribution in [3.63, 3.8) is 0 Å². The predicted molar refractivity (Wildman–Crippen MR) is 81.4 cm³/mol. The van der Waals surface area contributed by atoms with Crippen LogP contribution in [0.4, 0.5) is 5.69 Å². The SMILES string of the molecule is C=CC[C@@H](C=O)[C@@H](Nc1ccc(OC)cc1)C(=O)OCC. The van der Waals surface area contributed by atoms with Crippen LogP contribution in [0.25, 0.3) is 0 Å². The van der Waals surface area contributed by atoms with E-state index in [2.05, 4.69) is 11.9 Å². The number of aldehydes is 1. The monoisotopic (exact) mass is 291 g/mol. The largest absolute Gasteiger partial charge is 0.497 e. The lowest BCUT2D eigenvalue weighted by atomic mass is 9.97. The zero-order valence-electron chi connectivity index (χ0n) is 12.4. The first-order chi connectivity index (χ1) is 10.2. The van der Waals surface area contributed by atoms with Gasteiger partial charge >= 0.3 is 5.97 Å². The molecule has 0 aliphatic heterocycles. The van der Waals surface area contributed by atoms with Crippen molar-refractivity contribution in [1.29, 1.82) is 0 Å². The second kappa shape index (κ2) is 8.79. The van der Waals surface area contributed by atoms with Gasteiger partial charge in [-0.1, -0.05) is 6.08 Å². The highest BCUT2D eigenvalue weighted by Gasteiger charge is 2.28. The van der Waals surface area contributed by atoms with Gasteiger partial charge in [0.05, 0.1) is 13.7 Å². The lowest BCUT2D eigenvalue weighted by molar-refractivity contribution is -0.146. The van der Waals surface area contributed by atoms with Crippen molar-refractivity contribution >= 4 is 17.9 Å². The zero-order valence-corrected chi connectivity index (χ0v) is 12.4. The summed E-state index contributed by atoms with van der Waals surface area (Å²) in [6.07, 6.45) is 2.76. The van der Waals surface area contributed by atoms with Gasteiger partial charge in [0.2, 0.25) is 0 Å². The summed E-state index contributed by atoms with van der Waals surface area (Å²) in [6.45, 7) is 5.60. The second-order valence-electron chi connectivity index (χ2n) is 4.43. The quantitative estimate of drug-likeness (QED) is 0.430. The molecule has 0 saturated carbocycles. The van der Waals surface area contributed by atoms with Crippen LogP contribution < -0.4 is 10.1 Å². The first-order valence-electron chi connectivity index (χ1n) is 6.79. The third kappa shape index (κ3) is 4.95. The molecule has 0 radical (unpaired) electrons. The minimum absolute atomic E-state index is 0.263. The van der Waals surface area contributed by atoms with Crippen molar-refractivity contribution in [2.45, 2.75) is 19.4 Å². The first kappa shape index (κ1) is 16.8. The van der Waals surface area contributed by atoms with Crippen LogP contribution in [0.2, 0.25) is 0 Å². The Labute approximate surface area is 124 Å². The van der Waals surface area contributed by atoms with Crippen molar-refractivity contribution in [2.24, 2.45) is 5.92 Å². The number of benzene rings is 1. The molecule has 1 aromatic carbocycles. The molecule has 0 aliphatic carbocycles. The van der Waals surface area contributed by atoms with E-state index in [4.69, 9.17) is 9.47 Å². The molecule has 0 amide bonds. The van der Waals surface area contributed by atoms with E-state index in [9.17, 15) is 9.59 Å². The fraction of sp³-hybridized carbons (Fsp3) is 0.375. The van der Waals surface area contributed by atoms with Crippen LogP contribution in [0, 0.1) is 5.92 Å². The number of hydrogen-bond acceptors (Lipinski definition) is 5. The summed E-state index contributed by atoms with van der Waals surface area (Å²) < 4.78 is 10.1. The van der Waals surface area contributed by atoms with Crippen molar-refractivity contribution in [3.8, 4) is 5.75 Å². The molecule has 0 aliphatic rings. The fourth-order valence-electron chi connectivity index (χ4n) is 1.90. The van der Waals surface area contributed by atoms with Gasteiger partial charge in [0.15, 0.2) is 0 Å². The van der Waals surface area contributed by atoms with E-state index < -0.39 is 17.9 Å². The van der Waals surface area contributed by atoms with Crippen molar-refractivity contribution < 1.29 is 19.1 Å². The van der Waals surface area contributed by atoms with Crippen LogP contribution in [-0.4, -0.2) is 32.0 Å². The van der Waals surface area contributed by atoms with Crippen molar-refractivity contribution in [2.75, 3.05) is 19.0 Å². The smallest absolute Gasteiger partial charge is 0.329 e. The Bertz CT molecular complexity index is 470. The third-order valence-electron chi connectivity index (χ3n) is 2.99. The molecule has 0 unspecified atom stereocenters. The molecule has 114 valence electrons. The maximum absolute atomic E-state index is 12.0. The van der Waals surface area contributed by atoms with Crippen molar-refractivity contribution in [1.82, 2.24) is 0 Å². The molecule has 1 rings (SSSR count). The van der Waals surface area contributed by atoms with Gasteiger partial charge in [-0.25, -0.2) is 4.79 Å². The summed E-state index contributed by atoms with van der Waals surface area (Å²) >= 11 is 0. The molecule has 0 saturated heterocycles. The number of rotatable bonds is 9. The summed E-state index contributed by atoms with van der Waals surface area (Å²) in [6, 6.07) is 6.36. The summed E-state index contributed by atoms with van der Waals surface area (Å²) in [7, 11) is 1.58. The molecule has 2 atom stereocenters. The van der Waals surface area contributed by atoms with Gasteiger partial charge in [0.1, 0.15) is 18.1 Å². The van der Waals surface area contributed by atoms with Gasteiger partial charge < -0.3 is 19.6 Å². The number of anilines is 1. The van der Waals surface area contributed by atoms with Crippen LogP contribution in [0.15, 0.2) is 36.9 Å². The Hall–Kier alpha value is -2.30. The van der Waals surface area contributed by atoms with E-state index >= 15 is 0 Å². The topological polar surface area (TPSA) is 64.6 Å². The highest BCUT2D eigenvalue weighted by Crippen LogP contribution is 2.19. The molecule has 0 bridgehead atoms. The van der Waals surface area contributed by atoms with E-state index in [-0.39, 0.29) is 6.61 Å². The van der Waals surface area contributed by atoms with Crippen LogP contribution in [0.1, 0.15) is 13.3 Å². The van der Waals surface area contributed by atoms with Gasteiger partial charge in [0, 0.05) is 11.6 Å². The lowest BCUT2D eigenvalue weighted by Crippen LogP contribution is -2.39. The Morgan fingerprint density at radius 2 is 2.05 bits per heavy atom. The van der Waals surface area contributed by atoms with Crippen LogP contribution in [0.3, 0.4) is 0 Å². The van der Waals surface area contributed by atoms with E-state index in [0.717, 1.165) is 6.29 Å². The first-order valence-corrected chi connectivity index (χ1v) is 6.79. The summed E-state index contributed by atoms with van der Waals surface area (Å²) in [4.78, 5) is 23.3. The van der Waals surface area contributed by atoms with Crippen LogP contribution in [0.5, 0.6) is 5.75 Å². The molecule has 0 fully saturated rings. The van der Waals surface area contributed by atoms with E-state index in [0.29, 0.717) is 17.9 Å². The normalized spacial score (nSPS) is 12.9. The van der Waals surface area contributed by atoms with Gasteiger partial charge in [-0.15, -0.1) is 6.58 Å². The van der Waals surface area contributed by atoms with Gasteiger partial charge in [-0.3, -0.25) is 0 Å². The Morgan fingerprint density at radius 3 is 2.52 bits per heavy atom. The van der Waals surface area contributed by atoms with Gasteiger partial charge in [0.25, 0.3) is 0 Å². The number of allylic oxidation sites excluding steroid dienone is 1. The van der Waals surface area contributed by atoms with E-state index in [1.165, 1.54) is 0 Å². The van der Waals surface area contributed by atoms with Gasteiger partial charge in [-0.2, -0.15) is 0 Å². The minimum atomic E-state index is -0.742. The Morgan fingerprint density at radius 1 is 1.38 bits per heavy atom. The average molecular weight is 291 g/mol. The number of carbonyl (C=O) groups is 2. The average Bonchev–Trinajstić information content (AvgIpc) is 2.51. The lowest BCUT2D eigenvalue weighted by Gasteiger charge is -2.22. The predicted octanol–water partition coefficient (Wildman–Crippen LogP) is 2.43. The third-order valence-corrected chi connectivity index (χ3v) is 2.99. The fourth-order valence-corrected chi connectivity index (χ4v) is 1.90. The highest BCUT2D eigenvalue weighted by atomic mass is 16.5. The molecule has 5 heteroatoms.